The highest BCUT2D eigenvalue weighted by Gasteiger charge is 2.16. The second-order valence-electron chi connectivity index (χ2n) is 2.63. The van der Waals surface area contributed by atoms with Crippen LogP contribution in [0, 0.1) is 0 Å². The van der Waals surface area contributed by atoms with Gasteiger partial charge in [0, 0.05) is 0 Å². The van der Waals surface area contributed by atoms with Crippen LogP contribution in [0.2, 0.25) is 20.1 Å². The molecule has 90 valence electrons. The summed E-state index contributed by atoms with van der Waals surface area (Å²) in [6.45, 7) is 0. The van der Waals surface area contributed by atoms with Gasteiger partial charge in [-0.1, -0.05) is 46.4 Å². The molecule has 0 saturated carbocycles. The number of rotatable bonds is 3. The first-order valence-corrected chi connectivity index (χ1v) is 6.76. The van der Waals surface area contributed by atoms with Crippen LogP contribution in [0.15, 0.2) is 6.07 Å². The molecule has 1 aromatic rings. The summed E-state index contributed by atoms with van der Waals surface area (Å²) in [4.78, 5) is 17.1. The minimum absolute atomic E-state index is 0.00276. The summed E-state index contributed by atoms with van der Waals surface area (Å²) in [5.41, 5.74) is 2.29. The standard InChI is InChI=1S/C6H5Cl4N2O3P/c7-2-1-3(11-12-16(13,14)15)5(9)6(10)4(2)8/h1,11H,(H3,12,13,14,15). The van der Waals surface area contributed by atoms with Crippen LogP contribution in [0.25, 0.3) is 0 Å². The van der Waals surface area contributed by atoms with E-state index in [0.29, 0.717) is 0 Å². The summed E-state index contributed by atoms with van der Waals surface area (Å²) in [6.07, 6.45) is 0. The summed E-state index contributed by atoms with van der Waals surface area (Å²) in [5.74, 6) is 0. The highest BCUT2D eigenvalue weighted by atomic mass is 35.5. The molecule has 0 bridgehead atoms. The topological polar surface area (TPSA) is 81.6 Å². The van der Waals surface area contributed by atoms with E-state index in [9.17, 15) is 4.57 Å². The third-order valence-corrected chi connectivity index (χ3v) is 3.59. The monoisotopic (exact) mass is 324 g/mol. The maximum Gasteiger partial charge on any atom is 0.417 e. The highest BCUT2D eigenvalue weighted by Crippen LogP contribution is 2.41. The predicted molar refractivity (Wildman–Crippen MR) is 65.3 cm³/mol. The van der Waals surface area contributed by atoms with Gasteiger partial charge in [-0.25, -0.2) is 4.57 Å². The number of hydrazine groups is 1. The second kappa shape index (κ2) is 5.29. The van der Waals surface area contributed by atoms with Crippen molar-refractivity contribution in [3.8, 4) is 0 Å². The van der Waals surface area contributed by atoms with Crippen molar-refractivity contribution in [2.75, 3.05) is 5.43 Å². The Morgan fingerprint density at radius 3 is 2.12 bits per heavy atom. The Bertz CT molecular complexity index is 464. The van der Waals surface area contributed by atoms with Crippen molar-refractivity contribution in [3.05, 3.63) is 26.2 Å². The Morgan fingerprint density at radius 1 is 1.06 bits per heavy atom. The molecular formula is C6H5Cl4N2O3P. The average molecular weight is 326 g/mol. The zero-order chi connectivity index (χ0) is 12.5. The van der Waals surface area contributed by atoms with E-state index in [1.54, 1.807) is 5.20 Å². The van der Waals surface area contributed by atoms with Gasteiger partial charge in [0.05, 0.1) is 25.8 Å². The molecule has 0 aliphatic rings. The van der Waals surface area contributed by atoms with E-state index in [-0.39, 0.29) is 25.8 Å². The summed E-state index contributed by atoms with van der Waals surface area (Å²) in [6, 6.07) is 1.28. The van der Waals surface area contributed by atoms with Gasteiger partial charge < -0.3 is 15.2 Å². The number of anilines is 1. The van der Waals surface area contributed by atoms with Crippen LogP contribution in [-0.4, -0.2) is 9.79 Å². The van der Waals surface area contributed by atoms with Crippen LogP contribution in [0.1, 0.15) is 0 Å². The van der Waals surface area contributed by atoms with Gasteiger partial charge in [0.1, 0.15) is 0 Å². The smallest absolute Gasteiger partial charge is 0.311 e. The normalized spacial score (nSPS) is 11.6. The maximum absolute atomic E-state index is 10.5. The van der Waals surface area contributed by atoms with E-state index in [2.05, 4.69) is 5.43 Å². The Morgan fingerprint density at radius 2 is 1.62 bits per heavy atom. The largest absolute Gasteiger partial charge is 0.417 e. The van der Waals surface area contributed by atoms with Gasteiger partial charge in [-0.15, -0.1) is 5.20 Å². The fourth-order valence-electron chi connectivity index (χ4n) is 0.797. The third-order valence-electron chi connectivity index (χ3n) is 1.44. The first-order chi connectivity index (χ1) is 7.22. The van der Waals surface area contributed by atoms with Crippen molar-refractivity contribution in [1.82, 2.24) is 5.20 Å². The average Bonchev–Trinajstić information content (AvgIpc) is 2.17. The molecule has 1 rings (SSSR count). The van der Waals surface area contributed by atoms with Gasteiger partial charge in [-0.3, -0.25) is 0 Å². The predicted octanol–water partition coefficient (Wildman–Crippen LogP) is 3.31. The lowest BCUT2D eigenvalue weighted by Gasteiger charge is -2.13. The molecule has 0 spiro atoms. The zero-order valence-corrected chi connectivity index (χ0v) is 11.3. The molecule has 0 atom stereocenters. The van der Waals surface area contributed by atoms with Gasteiger partial charge in [0.15, 0.2) is 0 Å². The quantitative estimate of drug-likeness (QED) is 0.297. The molecule has 5 nitrogen and oxygen atoms in total. The van der Waals surface area contributed by atoms with E-state index in [1.165, 1.54) is 6.07 Å². The molecule has 4 N–H and O–H groups in total. The summed E-state index contributed by atoms with van der Waals surface area (Å²) < 4.78 is 10.5. The van der Waals surface area contributed by atoms with Crippen LogP contribution in [0.5, 0.6) is 0 Å². The van der Waals surface area contributed by atoms with Gasteiger partial charge in [0.2, 0.25) is 0 Å². The van der Waals surface area contributed by atoms with Crippen molar-refractivity contribution in [1.29, 1.82) is 0 Å². The lowest BCUT2D eigenvalue weighted by Crippen LogP contribution is -2.18. The molecule has 0 heterocycles. The summed E-state index contributed by atoms with van der Waals surface area (Å²) in [5, 5.41) is 1.88. The van der Waals surface area contributed by atoms with Crippen molar-refractivity contribution in [3.63, 3.8) is 0 Å². The van der Waals surface area contributed by atoms with E-state index in [4.69, 9.17) is 56.2 Å². The van der Waals surface area contributed by atoms with Crippen molar-refractivity contribution in [2.45, 2.75) is 0 Å². The fraction of sp³-hybridized carbons (Fsp3) is 0. The molecule has 0 radical (unpaired) electrons. The van der Waals surface area contributed by atoms with E-state index < -0.39 is 7.75 Å². The van der Waals surface area contributed by atoms with Crippen LogP contribution in [0.4, 0.5) is 5.69 Å². The van der Waals surface area contributed by atoms with Crippen LogP contribution < -0.4 is 10.6 Å². The number of hydrogen-bond donors (Lipinski definition) is 4. The molecule has 10 heteroatoms. The fourth-order valence-corrected chi connectivity index (χ4v) is 1.91. The number of halogens is 4. The van der Waals surface area contributed by atoms with Crippen molar-refractivity contribution < 1.29 is 14.4 Å². The lowest BCUT2D eigenvalue weighted by molar-refractivity contribution is 0.362. The van der Waals surface area contributed by atoms with Gasteiger partial charge in [-0.2, -0.15) is 0 Å². The lowest BCUT2D eigenvalue weighted by atomic mass is 10.3. The molecule has 0 amide bonds. The molecule has 0 aromatic heterocycles. The summed E-state index contributed by atoms with van der Waals surface area (Å²) in [7, 11) is -4.43. The molecule has 1 aromatic carbocycles. The first kappa shape index (κ1) is 14.4. The van der Waals surface area contributed by atoms with E-state index >= 15 is 0 Å². The Balaban J connectivity index is 3.02. The van der Waals surface area contributed by atoms with Gasteiger partial charge in [-0.05, 0) is 6.07 Å². The van der Waals surface area contributed by atoms with Gasteiger partial charge in [0.25, 0.3) is 0 Å². The Kier molecular flexibility index (Phi) is 4.75. The SMILES string of the molecule is O=P(O)(O)NNc1cc(Cl)c(Cl)c(Cl)c1Cl. The summed E-state index contributed by atoms with van der Waals surface area (Å²) >= 11 is 22.9. The number of benzene rings is 1. The number of nitrogens with one attached hydrogen (secondary N) is 2. The third kappa shape index (κ3) is 3.65. The van der Waals surface area contributed by atoms with Crippen LogP contribution in [0.3, 0.4) is 0 Å². The highest BCUT2D eigenvalue weighted by molar-refractivity contribution is 7.49. The van der Waals surface area contributed by atoms with Gasteiger partial charge >= 0.3 is 7.75 Å². The molecule has 0 saturated heterocycles. The minimum Gasteiger partial charge on any atom is -0.311 e. The van der Waals surface area contributed by atoms with E-state index in [1.807, 2.05) is 0 Å². The van der Waals surface area contributed by atoms with Crippen molar-refractivity contribution >= 4 is 59.8 Å². The Labute approximate surface area is 111 Å². The minimum atomic E-state index is -4.43. The second-order valence-corrected chi connectivity index (χ2v) is 5.48. The molecule has 0 aliphatic carbocycles. The number of hydrogen-bond acceptors (Lipinski definition) is 2. The van der Waals surface area contributed by atoms with Crippen LogP contribution in [-0.2, 0) is 4.57 Å². The van der Waals surface area contributed by atoms with Crippen molar-refractivity contribution in [2.24, 2.45) is 0 Å². The molecule has 16 heavy (non-hydrogen) atoms. The maximum atomic E-state index is 10.5. The molecule has 0 unspecified atom stereocenters. The Hall–Kier alpha value is 0.290. The first-order valence-electron chi connectivity index (χ1n) is 3.64. The molecular weight excluding hydrogens is 321 g/mol. The van der Waals surface area contributed by atoms with Crippen LogP contribution >= 0.6 is 54.2 Å². The molecule has 0 aliphatic heterocycles. The zero-order valence-electron chi connectivity index (χ0n) is 7.34. The molecule has 0 fully saturated rings. The van der Waals surface area contributed by atoms with E-state index in [0.717, 1.165) is 0 Å².